The highest BCUT2D eigenvalue weighted by Gasteiger charge is 2.22. The molecule has 180 valence electrons. The molecule has 1 unspecified atom stereocenters. The first kappa shape index (κ1) is 23.7. The van der Waals surface area contributed by atoms with Crippen LogP contribution in [-0.2, 0) is 6.54 Å². The summed E-state index contributed by atoms with van der Waals surface area (Å²) in [5.74, 6) is 0.184. The molecule has 0 spiro atoms. The SMILES string of the molecule is Cc1ccc(C(=O)C(C)Sc2nnc(-c3nn(Cc4ccccc4)c(=O)c4ccccc34)o2)cc1C. The summed E-state index contributed by atoms with van der Waals surface area (Å²) >= 11 is 1.20. The maximum atomic E-state index is 13.1. The summed E-state index contributed by atoms with van der Waals surface area (Å²) < 4.78 is 7.35. The molecule has 0 aliphatic heterocycles. The van der Waals surface area contributed by atoms with Crippen molar-refractivity contribution in [1.29, 1.82) is 0 Å². The third-order valence-corrected chi connectivity index (χ3v) is 7.02. The molecule has 3 aromatic carbocycles. The lowest BCUT2D eigenvalue weighted by atomic mass is 10.0. The van der Waals surface area contributed by atoms with Crippen molar-refractivity contribution in [2.24, 2.45) is 0 Å². The highest BCUT2D eigenvalue weighted by molar-refractivity contribution is 8.00. The predicted molar refractivity (Wildman–Crippen MR) is 140 cm³/mol. The Balaban J connectivity index is 1.46. The minimum atomic E-state index is -0.419. The van der Waals surface area contributed by atoms with E-state index in [1.54, 1.807) is 6.07 Å². The smallest absolute Gasteiger partial charge is 0.277 e. The van der Waals surface area contributed by atoms with Crippen LogP contribution in [0.1, 0.15) is 34.0 Å². The minimum Gasteiger partial charge on any atom is -0.409 e. The lowest BCUT2D eigenvalue weighted by Gasteiger charge is -2.10. The van der Waals surface area contributed by atoms with Crippen molar-refractivity contribution in [3.8, 4) is 11.6 Å². The molecule has 36 heavy (non-hydrogen) atoms. The van der Waals surface area contributed by atoms with E-state index in [1.165, 1.54) is 16.4 Å². The van der Waals surface area contributed by atoms with Crippen LogP contribution in [0, 0.1) is 13.8 Å². The maximum absolute atomic E-state index is 13.1. The van der Waals surface area contributed by atoms with Crippen LogP contribution in [-0.4, -0.2) is 31.0 Å². The molecule has 0 saturated carbocycles. The Morgan fingerprint density at radius 3 is 2.42 bits per heavy atom. The van der Waals surface area contributed by atoms with Crippen molar-refractivity contribution in [3.63, 3.8) is 0 Å². The third kappa shape index (κ3) is 4.72. The van der Waals surface area contributed by atoms with Crippen molar-refractivity contribution in [3.05, 3.63) is 105 Å². The highest BCUT2D eigenvalue weighted by Crippen LogP contribution is 2.30. The molecule has 0 saturated heterocycles. The fraction of sp³-hybridized carbons (Fsp3) is 0.179. The van der Waals surface area contributed by atoms with E-state index in [2.05, 4.69) is 15.3 Å². The second-order valence-electron chi connectivity index (χ2n) is 8.64. The number of aromatic nitrogens is 4. The van der Waals surface area contributed by atoms with E-state index >= 15 is 0 Å². The Hall–Kier alpha value is -4.04. The highest BCUT2D eigenvalue weighted by atomic mass is 32.2. The average Bonchev–Trinajstić information content (AvgIpc) is 3.35. The van der Waals surface area contributed by atoms with Crippen molar-refractivity contribution >= 4 is 28.3 Å². The van der Waals surface area contributed by atoms with Crippen LogP contribution >= 0.6 is 11.8 Å². The van der Waals surface area contributed by atoms with Gasteiger partial charge in [0.15, 0.2) is 11.5 Å². The number of carbonyl (C=O) groups excluding carboxylic acids is 1. The molecule has 0 radical (unpaired) electrons. The zero-order chi connectivity index (χ0) is 25.2. The van der Waals surface area contributed by atoms with Gasteiger partial charge in [-0.25, -0.2) is 4.68 Å². The van der Waals surface area contributed by atoms with Gasteiger partial charge in [0.25, 0.3) is 16.7 Å². The second kappa shape index (κ2) is 9.91. The van der Waals surface area contributed by atoms with E-state index < -0.39 is 5.25 Å². The van der Waals surface area contributed by atoms with Gasteiger partial charge in [-0.15, -0.1) is 10.2 Å². The number of thioether (sulfide) groups is 1. The van der Waals surface area contributed by atoms with Crippen LogP contribution in [0.2, 0.25) is 0 Å². The van der Waals surface area contributed by atoms with Gasteiger partial charge < -0.3 is 4.42 Å². The molecule has 5 aromatic rings. The van der Waals surface area contributed by atoms with E-state index in [9.17, 15) is 9.59 Å². The molecule has 0 N–H and O–H groups in total. The monoisotopic (exact) mass is 496 g/mol. The van der Waals surface area contributed by atoms with Crippen LogP contribution in [0.5, 0.6) is 0 Å². The van der Waals surface area contributed by atoms with Crippen molar-refractivity contribution in [2.45, 2.75) is 37.8 Å². The lowest BCUT2D eigenvalue weighted by molar-refractivity contribution is 0.0993. The first-order valence-electron chi connectivity index (χ1n) is 11.6. The van der Waals surface area contributed by atoms with Crippen LogP contribution in [0.3, 0.4) is 0 Å². The molecule has 0 fully saturated rings. The topological polar surface area (TPSA) is 90.9 Å². The van der Waals surface area contributed by atoms with Crippen LogP contribution in [0.4, 0.5) is 0 Å². The minimum absolute atomic E-state index is 0.0113. The molecule has 7 nitrogen and oxygen atoms in total. The Labute approximate surface area is 212 Å². The summed E-state index contributed by atoms with van der Waals surface area (Å²) in [7, 11) is 0. The number of hydrogen-bond acceptors (Lipinski definition) is 7. The van der Waals surface area contributed by atoms with Crippen molar-refractivity contribution in [1.82, 2.24) is 20.0 Å². The Morgan fingerprint density at radius 1 is 0.944 bits per heavy atom. The molecule has 0 aliphatic carbocycles. The fourth-order valence-corrected chi connectivity index (χ4v) is 4.70. The zero-order valence-corrected chi connectivity index (χ0v) is 21.0. The van der Waals surface area contributed by atoms with Crippen LogP contribution in [0.25, 0.3) is 22.4 Å². The molecule has 2 aromatic heterocycles. The number of carbonyl (C=O) groups is 1. The summed E-state index contributed by atoms with van der Waals surface area (Å²) in [5, 5.41) is 13.9. The van der Waals surface area contributed by atoms with Gasteiger partial charge in [-0.05, 0) is 49.6 Å². The number of nitrogens with zero attached hydrogens (tertiary/aromatic N) is 4. The van der Waals surface area contributed by atoms with Gasteiger partial charge >= 0.3 is 0 Å². The number of fused-ring (bicyclic) bond motifs is 1. The van der Waals surface area contributed by atoms with Gasteiger partial charge in [-0.2, -0.15) is 5.10 Å². The number of aryl methyl sites for hydroxylation is 2. The number of benzene rings is 3. The summed E-state index contributed by atoms with van der Waals surface area (Å²) in [4.78, 5) is 26.1. The van der Waals surface area contributed by atoms with E-state index in [0.29, 0.717) is 28.6 Å². The number of Topliss-reactive ketones (excluding diaryl/α,β-unsaturated/α-hetero) is 1. The second-order valence-corrected chi connectivity index (χ2v) is 9.93. The Bertz CT molecular complexity index is 1630. The molecule has 0 aliphatic rings. The number of rotatable bonds is 7. The van der Waals surface area contributed by atoms with E-state index in [-0.39, 0.29) is 22.5 Å². The first-order valence-corrected chi connectivity index (χ1v) is 12.4. The van der Waals surface area contributed by atoms with E-state index in [0.717, 1.165) is 16.7 Å². The first-order chi connectivity index (χ1) is 17.4. The molecule has 2 heterocycles. The Morgan fingerprint density at radius 2 is 1.67 bits per heavy atom. The van der Waals surface area contributed by atoms with Crippen molar-refractivity contribution in [2.75, 3.05) is 0 Å². The lowest BCUT2D eigenvalue weighted by Crippen LogP contribution is -2.24. The number of ketones is 1. The summed E-state index contributed by atoms with van der Waals surface area (Å²) in [6.45, 7) is 6.14. The number of hydrogen-bond donors (Lipinski definition) is 0. The zero-order valence-electron chi connectivity index (χ0n) is 20.1. The predicted octanol–water partition coefficient (Wildman–Crippen LogP) is 5.48. The van der Waals surface area contributed by atoms with Crippen LogP contribution < -0.4 is 5.56 Å². The van der Waals surface area contributed by atoms with Gasteiger partial charge in [-0.3, -0.25) is 9.59 Å². The van der Waals surface area contributed by atoms with Gasteiger partial charge in [-0.1, -0.05) is 72.4 Å². The Kier molecular flexibility index (Phi) is 6.52. The summed E-state index contributed by atoms with van der Waals surface area (Å²) in [6.07, 6.45) is 0. The van der Waals surface area contributed by atoms with Crippen molar-refractivity contribution < 1.29 is 9.21 Å². The molecule has 8 heteroatoms. The molecule has 5 rings (SSSR count). The normalized spacial score (nSPS) is 12.1. The van der Waals surface area contributed by atoms with Gasteiger partial charge in [0.05, 0.1) is 17.2 Å². The van der Waals surface area contributed by atoms with Gasteiger partial charge in [0, 0.05) is 10.9 Å². The molecule has 0 bridgehead atoms. The largest absolute Gasteiger partial charge is 0.409 e. The van der Waals surface area contributed by atoms with E-state index in [1.807, 2.05) is 87.5 Å². The summed E-state index contributed by atoms with van der Waals surface area (Å²) in [6, 6.07) is 22.6. The molecule has 1 atom stereocenters. The molecule has 0 amide bonds. The molecular formula is C28H24N4O3S. The third-order valence-electron chi connectivity index (χ3n) is 6.09. The summed E-state index contributed by atoms with van der Waals surface area (Å²) in [5.41, 5.74) is 4.05. The fourth-order valence-electron chi connectivity index (χ4n) is 3.94. The quantitative estimate of drug-likeness (QED) is 0.218. The van der Waals surface area contributed by atoms with Gasteiger partial charge in [0.1, 0.15) is 0 Å². The standard InChI is InChI=1S/C28H24N4O3S/c1-17-13-14-21(15-18(17)2)25(33)19(3)36-28-30-29-26(35-28)24-22-11-7-8-12-23(22)27(34)32(31-24)16-20-9-5-4-6-10-20/h4-15,19H,16H2,1-3H3. The van der Waals surface area contributed by atoms with Crippen LogP contribution in [0.15, 0.2) is 87.2 Å². The van der Waals surface area contributed by atoms with Gasteiger partial charge in [0.2, 0.25) is 0 Å². The average molecular weight is 497 g/mol. The van der Waals surface area contributed by atoms with E-state index in [4.69, 9.17) is 4.42 Å². The maximum Gasteiger partial charge on any atom is 0.277 e. The molecular weight excluding hydrogens is 472 g/mol.